The lowest BCUT2D eigenvalue weighted by Crippen LogP contribution is -2.21. The third-order valence-electron chi connectivity index (χ3n) is 5.90. The maximum atomic E-state index is 12.4. The first-order chi connectivity index (χ1) is 14.0. The zero-order valence-electron chi connectivity index (χ0n) is 16.5. The van der Waals surface area contributed by atoms with Crippen LogP contribution in [-0.4, -0.2) is 26.6 Å². The van der Waals surface area contributed by atoms with E-state index in [2.05, 4.69) is 10.1 Å². The van der Waals surface area contributed by atoms with Gasteiger partial charge in [-0.3, -0.25) is 14.3 Å². The Morgan fingerprint density at radius 3 is 2.52 bits per heavy atom. The van der Waals surface area contributed by atoms with E-state index in [1.54, 1.807) is 24.4 Å². The molecule has 0 radical (unpaired) electrons. The van der Waals surface area contributed by atoms with Crippen LogP contribution >= 0.6 is 0 Å². The summed E-state index contributed by atoms with van der Waals surface area (Å²) in [5, 5.41) is 5.15. The van der Waals surface area contributed by atoms with Crippen LogP contribution in [0.3, 0.4) is 0 Å². The largest absolute Gasteiger partial charge is 0.366 e. The minimum Gasteiger partial charge on any atom is -0.366 e. The highest BCUT2D eigenvalue weighted by molar-refractivity contribution is 6.15. The first-order valence-electron chi connectivity index (χ1n) is 10.0. The number of amides is 2. The highest BCUT2D eigenvalue weighted by Crippen LogP contribution is 2.34. The first-order valence-corrected chi connectivity index (χ1v) is 10.0. The number of nitrogens with zero attached hydrogens (tertiary/aromatic N) is 3. The van der Waals surface area contributed by atoms with E-state index in [1.807, 2.05) is 17.7 Å². The quantitative estimate of drug-likeness (QED) is 0.694. The second-order valence-corrected chi connectivity index (χ2v) is 7.79. The van der Waals surface area contributed by atoms with Gasteiger partial charge in [-0.05, 0) is 31.7 Å². The molecule has 29 heavy (non-hydrogen) atoms. The van der Waals surface area contributed by atoms with Crippen LogP contribution in [0.25, 0.3) is 22.0 Å². The summed E-state index contributed by atoms with van der Waals surface area (Å²) in [6.07, 6.45) is 7.89. The van der Waals surface area contributed by atoms with Gasteiger partial charge in [0.25, 0.3) is 5.91 Å². The van der Waals surface area contributed by atoms with Gasteiger partial charge >= 0.3 is 0 Å². The predicted molar refractivity (Wildman–Crippen MR) is 111 cm³/mol. The van der Waals surface area contributed by atoms with Crippen molar-refractivity contribution in [1.29, 1.82) is 0 Å². The monoisotopic (exact) mass is 391 g/mol. The zero-order valence-corrected chi connectivity index (χ0v) is 16.5. The lowest BCUT2D eigenvalue weighted by atomic mass is 9.89. The number of primary amides is 2. The molecule has 150 valence electrons. The lowest BCUT2D eigenvalue weighted by Gasteiger charge is -2.22. The van der Waals surface area contributed by atoms with Crippen molar-refractivity contribution < 1.29 is 9.59 Å². The number of benzene rings is 1. The summed E-state index contributed by atoms with van der Waals surface area (Å²) in [4.78, 5) is 29.1. The van der Waals surface area contributed by atoms with Crippen molar-refractivity contribution in [1.82, 2.24) is 14.8 Å². The Morgan fingerprint density at radius 1 is 1.10 bits per heavy atom. The molecular weight excluding hydrogens is 366 g/mol. The number of hydrogen-bond acceptors (Lipinski definition) is 4. The van der Waals surface area contributed by atoms with E-state index in [0.29, 0.717) is 27.9 Å². The molecule has 1 aliphatic carbocycles. The van der Waals surface area contributed by atoms with Gasteiger partial charge in [-0.2, -0.15) is 5.10 Å². The summed E-state index contributed by atoms with van der Waals surface area (Å²) in [5.74, 6) is -0.732. The average Bonchev–Trinajstić information content (AvgIpc) is 3.07. The Hall–Kier alpha value is -3.22. The van der Waals surface area contributed by atoms with E-state index in [4.69, 9.17) is 11.5 Å². The Bertz CT molecular complexity index is 1100. The molecule has 0 atom stereocenters. The number of carbonyl (C=O) groups excluding carboxylic acids is 2. The normalized spacial score (nSPS) is 14.9. The maximum Gasteiger partial charge on any atom is 0.267 e. The summed E-state index contributed by atoms with van der Waals surface area (Å²) >= 11 is 0. The van der Waals surface area contributed by atoms with Crippen molar-refractivity contribution in [3.63, 3.8) is 0 Å². The number of para-hydroxylation sites is 1. The molecule has 1 aliphatic rings. The molecule has 0 saturated heterocycles. The molecule has 2 heterocycles. The molecule has 1 fully saturated rings. The summed E-state index contributed by atoms with van der Waals surface area (Å²) in [7, 11) is 0. The fourth-order valence-corrected chi connectivity index (χ4v) is 4.40. The summed E-state index contributed by atoms with van der Waals surface area (Å²) in [5.41, 5.74) is 14.1. The Kier molecular flexibility index (Phi) is 5.05. The number of carbonyl (C=O) groups is 2. The van der Waals surface area contributed by atoms with E-state index in [-0.39, 0.29) is 11.3 Å². The van der Waals surface area contributed by atoms with Crippen LogP contribution in [0.2, 0.25) is 0 Å². The second-order valence-electron chi connectivity index (χ2n) is 7.79. The van der Waals surface area contributed by atoms with Crippen molar-refractivity contribution in [2.24, 2.45) is 17.4 Å². The van der Waals surface area contributed by atoms with Crippen LogP contribution in [0, 0.1) is 12.8 Å². The Labute approximate surface area is 169 Å². The van der Waals surface area contributed by atoms with Gasteiger partial charge in [0.05, 0.1) is 17.3 Å². The van der Waals surface area contributed by atoms with Gasteiger partial charge < -0.3 is 11.5 Å². The molecule has 3 aromatic rings. The van der Waals surface area contributed by atoms with Crippen LogP contribution in [0.1, 0.15) is 58.6 Å². The molecular formula is C22H25N5O2. The lowest BCUT2D eigenvalue weighted by molar-refractivity contribution is 0.0996. The van der Waals surface area contributed by atoms with Gasteiger partial charge in [0.2, 0.25) is 5.91 Å². The number of fused-ring (bicyclic) bond motifs is 1. The molecule has 4 rings (SSSR count). The molecule has 7 heteroatoms. The van der Waals surface area contributed by atoms with Gasteiger partial charge in [0.15, 0.2) is 0 Å². The minimum absolute atomic E-state index is 0.0396. The van der Waals surface area contributed by atoms with Crippen LogP contribution in [0.5, 0.6) is 0 Å². The molecule has 0 unspecified atom stereocenters. The highest BCUT2D eigenvalue weighted by Gasteiger charge is 2.26. The van der Waals surface area contributed by atoms with E-state index < -0.39 is 11.8 Å². The third kappa shape index (κ3) is 3.48. The van der Waals surface area contributed by atoms with Crippen molar-refractivity contribution >= 4 is 22.7 Å². The average molecular weight is 391 g/mol. The number of rotatable bonds is 5. The van der Waals surface area contributed by atoms with Crippen molar-refractivity contribution in [2.75, 3.05) is 0 Å². The smallest absolute Gasteiger partial charge is 0.267 e. The van der Waals surface area contributed by atoms with Crippen LogP contribution < -0.4 is 11.5 Å². The van der Waals surface area contributed by atoms with Crippen LogP contribution in [0.4, 0.5) is 0 Å². The highest BCUT2D eigenvalue weighted by atomic mass is 16.1. The molecule has 0 spiro atoms. The molecule has 0 aliphatic heterocycles. The van der Waals surface area contributed by atoms with Gasteiger partial charge in [-0.15, -0.1) is 0 Å². The maximum absolute atomic E-state index is 12.4. The van der Waals surface area contributed by atoms with Gasteiger partial charge in [0, 0.05) is 28.8 Å². The molecule has 0 bridgehead atoms. The van der Waals surface area contributed by atoms with Crippen molar-refractivity contribution in [3.8, 4) is 11.1 Å². The Morgan fingerprint density at radius 2 is 1.83 bits per heavy atom. The van der Waals surface area contributed by atoms with E-state index in [1.165, 1.54) is 32.1 Å². The first kappa shape index (κ1) is 19.1. The Balaban J connectivity index is 1.89. The van der Waals surface area contributed by atoms with E-state index >= 15 is 0 Å². The zero-order chi connectivity index (χ0) is 20.5. The molecule has 2 aromatic heterocycles. The number of aromatic nitrogens is 3. The summed E-state index contributed by atoms with van der Waals surface area (Å²) in [6, 6.07) is 7.11. The van der Waals surface area contributed by atoms with Gasteiger partial charge in [0.1, 0.15) is 5.69 Å². The summed E-state index contributed by atoms with van der Waals surface area (Å²) < 4.78 is 1.95. The van der Waals surface area contributed by atoms with E-state index in [0.717, 1.165) is 12.2 Å². The van der Waals surface area contributed by atoms with Crippen molar-refractivity contribution in [3.05, 3.63) is 47.4 Å². The number of pyridine rings is 1. The van der Waals surface area contributed by atoms with Crippen molar-refractivity contribution in [2.45, 2.75) is 45.6 Å². The second kappa shape index (κ2) is 7.66. The van der Waals surface area contributed by atoms with Crippen LogP contribution in [-0.2, 0) is 6.54 Å². The fraction of sp³-hybridized carbons (Fsp3) is 0.364. The fourth-order valence-electron chi connectivity index (χ4n) is 4.40. The predicted octanol–water partition coefficient (Wildman–Crippen LogP) is 3.18. The number of nitrogens with two attached hydrogens (primary N) is 2. The molecule has 1 aromatic carbocycles. The van der Waals surface area contributed by atoms with E-state index in [9.17, 15) is 9.59 Å². The summed E-state index contributed by atoms with van der Waals surface area (Å²) in [6.45, 7) is 2.76. The molecule has 2 amide bonds. The molecule has 7 nitrogen and oxygen atoms in total. The molecule has 4 N–H and O–H groups in total. The number of hydrogen-bond donors (Lipinski definition) is 2. The molecule has 1 saturated carbocycles. The van der Waals surface area contributed by atoms with Gasteiger partial charge in [-0.1, -0.05) is 37.5 Å². The van der Waals surface area contributed by atoms with Crippen LogP contribution in [0.15, 0.2) is 30.5 Å². The topological polar surface area (TPSA) is 117 Å². The minimum atomic E-state index is -0.701. The van der Waals surface area contributed by atoms with Gasteiger partial charge in [-0.25, -0.2) is 4.98 Å². The third-order valence-corrected chi connectivity index (χ3v) is 5.90. The SMILES string of the molecule is Cc1c(-c2c(C(N)=O)nc3ccccc3c2C(N)=O)cnn1CC1CCCCC1. The standard InChI is InChI=1S/C22H25N5O2/c1-13-16(11-25-27(13)12-14-7-3-2-4-8-14)18-19(21(23)28)15-9-5-6-10-17(15)26-20(18)22(24)29/h5-6,9-11,14H,2-4,7-8,12H2,1H3,(H2,23,28)(H2,24,29).